The van der Waals surface area contributed by atoms with Gasteiger partial charge in [0.2, 0.25) is 0 Å². The molecule has 0 radical (unpaired) electrons. The lowest BCUT2D eigenvalue weighted by atomic mass is 10.2. The maximum absolute atomic E-state index is 11.1. The van der Waals surface area contributed by atoms with Crippen molar-refractivity contribution >= 4 is 34.0 Å². The van der Waals surface area contributed by atoms with E-state index in [1.165, 1.54) is 23.5 Å². The van der Waals surface area contributed by atoms with Crippen molar-refractivity contribution in [1.82, 2.24) is 10.6 Å². The number of nitrogens with one attached hydrogen (secondary N) is 2. The largest absolute Gasteiger partial charge is 0.347 e. The lowest BCUT2D eigenvalue weighted by molar-refractivity contribution is 0.260. The zero-order valence-corrected chi connectivity index (χ0v) is 12.9. The fourth-order valence-electron chi connectivity index (χ4n) is 1.28. The van der Waals surface area contributed by atoms with E-state index in [4.69, 9.17) is 0 Å². The molecule has 0 aliphatic rings. The number of amides is 2. The van der Waals surface area contributed by atoms with E-state index in [1.807, 2.05) is 13.8 Å². The second kappa shape index (κ2) is 13.1. The molecule has 0 aromatic carbocycles. The van der Waals surface area contributed by atoms with Crippen LogP contribution in [-0.2, 0) is 0 Å². The van der Waals surface area contributed by atoms with E-state index in [2.05, 4.69) is 10.6 Å². The van der Waals surface area contributed by atoms with Gasteiger partial charge >= 0.3 is 0 Å². The molecular weight excluding hydrogens is 268 g/mol. The Morgan fingerprint density at radius 1 is 0.778 bits per heavy atom. The Hall–Kier alpha value is -0.360. The van der Waals surface area contributed by atoms with Crippen LogP contribution in [0.1, 0.15) is 39.5 Å². The van der Waals surface area contributed by atoms with Crippen molar-refractivity contribution in [2.45, 2.75) is 39.5 Å². The maximum Gasteiger partial charge on any atom is 0.279 e. The quantitative estimate of drug-likeness (QED) is 0.639. The van der Waals surface area contributed by atoms with Gasteiger partial charge in [-0.25, -0.2) is 0 Å². The number of hydrogen-bond donors (Lipinski definition) is 2. The molecule has 2 N–H and O–H groups in total. The van der Waals surface area contributed by atoms with Gasteiger partial charge in [-0.05, 0) is 26.7 Å². The van der Waals surface area contributed by atoms with E-state index < -0.39 is 0 Å². The van der Waals surface area contributed by atoms with Gasteiger partial charge in [-0.2, -0.15) is 0 Å². The van der Waals surface area contributed by atoms with Crippen molar-refractivity contribution in [3.8, 4) is 0 Å². The van der Waals surface area contributed by atoms with Gasteiger partial charge in [0.15, 0.2) is 0 Å². The number of carbonyl (C=O) groups is 2. The summed E-state index contributed by atoms with van der Waals surface area (Å²) >= 11 is 2.71. The first kappa shape index (κ1) is 17.6. The molecule has 0 bridgehead atoms. The van der Waals surface area contributed by atoms with E-state index in [1.54, 1.807) is 0 Å². The molecule has 0 unspecified atom stereocenters. The van der Waals surface area contributed by atoms with Crippen LogP contribution < -0.4 is 10.6 Å². The number of carbonyl (C=O) groups excluding carboxylic acids is 2. The summed E-state index contributed by atoms with van der Waals surface area (Å²) in [4.78, 5) is 22.2. The molecule has 0 aromatic heterocycles. The maximum atomic E-state index is 11.1. The molecule has 18 heavy (non-hydrogen) atoms. The Balaban J connectivity index is 3.16. The molecule has 0 spiro atoms. The van der Waals surface area contributed by atoms with Crippen LogP contribution in [0.15, 0.2) is 0 Å². The van der Waals surface area contributed by atoms with Crippen LogP contribution in [0.25, 0.3) is 0 Å². The Morgan fingerprint density at radius 2 is 1.17 bits per heavy atom. The Bertz CT molecular complexity index is 214. The summed E-state index contributed by atoms with van der Waals surface area (Å²) in [6.07, 6.45) is 4.38. The number of thioether (sulfide) groups is 2. The molecule has 4 nitrogen and oxygen atoms in total. The Labute approximate surface area is 118 Å². The summed E-state index contributed by atoms with van der Waals surface area (Å²) in [6, 6.07) is 0. The van der Waals surface area contributed by atoms with Crippen molar-refractivity contribution in [3.63, 3.8) is 0 Å². The summed E-state index contributed by atoms with van der Waals surface area (Å²) in [5.74, 6) is 1.77. The van der Waals surface area contributed by atoms with E-state index in [0.717, 1.165) is 37.2 Å². The Morgan fingerprint density at radius 3 is 1.50 bits per heavy atom. The molecule has 0 rings (SSSR count). The third-order valence-corrected chi connectivity index (χ3v) is 3.95. The van der Waals surface area contributed by atoms with E-state index in [-0.39, 0.29) is 10.5 Å². The fraction of sp³-hybridized carbons (Fsp3) is 0.833. The highest BCUT2D eigenvalue weighted by atomic mass is 32.2. The highest BCUT2D eigenvalue weighted by Gasteiger charge is 2.01. The third kappa shape index (κ3) is 12.1. The van der Waals surface area contributed by atoms with E-state index in [0.29, 0.717) is 13.1 Å². The first-order chi connectivity index (χ1) is 8.70. The molecule has 0 saturated carbocycles. The van der Waals surface area contributed by atoms with Crippen LogP contribution in [0, 0.1) is 0 Å². The minimum atomic E-state index is 0.0734. The minimum Gasteiger partial charge on any atom is -0.347 e. The lowest BCUT2D eigenvalue weighted by Crippen LogP contribution is -2.17. The number of unbranched alkanes of at least 4 members (excludes halogenated alkanes) is 3. The SMILES string of the molecule is CCNC(=O)SCCCCCCSC(=O)NCC. The van der Waals surface area contributed by atoms with Gasteiger partial charge < -0.3 is 10.6 Å². The van der Waals surface area contributed by atoms with Crippen molar-refractivity contribution < 1.29 is 9.59 Å². The van der Waals surface area contributed by atoms with Gasteiger partial charge in [0.1, 0.15) is 0 Å². The van der Waals surface area contributed by atoms with E-state index >= 15 is 0 Å². The zero-order valence-electron chi connectivity index (χ0n) is 11.3. The predicted octanol–water partition coefficient (Wildman–Crippen LogP) is 3.47. The molecule has 0 atom stereocenters. The van der Waals surface area contributed by atoms with Gasteiger partial charge in [0, 0.05) is 24.6 Å². The molecule has 106 valence electrons. The van der Waals surface area contributed by atoms with Crippen LogP contribution in [-0.4, -0.2) is 35.1 Å². The van der Waals surface area contributed by atoms with Crippen molar-refractivity contribution in [3.05, 3.63) is 0 Å². The molecule has 0 fully saturated rings. The highest BCUT2D eigenvalue weighted by molar-refractivity contribution is 8.13. The normalized spacial score (nSPS) is 10.1. The van der Waals surface area contributed by atoms with Crippen LogP contribution in [0.3, 0.4) is 0 Å². The summed E-state index contributed by atoms with van der Waals surface area (Å²) in [5, 5.41) is 5.66. The molecule has 0 aliphatic heterocycles. The smallest absolute Gasteiger partial charge is 0.279 e. The predicted molar refractivity (Wildman–Crippen MR) is 81.5 cm³/mol. The van der Waals surface area contributed by atoms with Crippen molar-refractivity contribution in [1.29, 1.82) is 0 Å². The van der Waals surface area contributed by atoms with Crippen molar-refractivity contribution in [2.24, 2.45) is 0 Å². The van der Waals surface area contributed by atoms with Crippen LogP contribution in [0.2, 0.25) is 0 Å². The molecule has 2 amide bonds. The van der Waals surface area contributed by atoms with Gasteiger partial charge in [0.25, 0.3) is 10.5 Å². The molecule has 0 aliphatic carbocycles. The summed E-state index contributed by atoms with van der Waals surface area (Å²) in [7, 11) is 0. The highest BCUT2D eigenvalue weighted by Crippen LogP contribution is 2.11. The lowest BCUT2D eigenvalue weighted by Gasteiger charge is -2.03. The molecule has 0 heterocycles. The third-order valence-electron chi connectivity index (χ3n) is 2.15. The van der Waals surface area contributed by atoms with Crippen LogP contribution >= 0.6 is 23.5 Å². The Kier molecular flexibility index (Phi) is 12.8. The zero-order chi connectivity index (χ0) is 13.6. The topological polar surface area (TPSA) is 58.2 Å². The summed E-state index contributed by atoms with van der Waals surface area (Å²) < 4.78 is 0. The van der Waals surface area contributed by atoms with Gasteiger partial charge in [-0.1, -0.05) is 36.4 Å². The molecule has 0 aromatic rings. The summed E-state index contributed by atoms with van der Waals surface area (Å²) in [5.41, 5.74) is 0. The minimum absolute atomic E-state index is 0.0734. The van der Waals surface area contributed by atoms with Gasteiger partial charge in [-0.3, -0.25) is 9.59 Å². The first-order valence-electron chi connectivity index (χ1n) is 6.52. The van der Waals surface area contributed by atoms with Crippen LogP contribution in [0.5, 0.6) is 0 Å². The standard InChI is InChI=1S/C12H24N2O2S2/c1-3-13-11(15)17-9-7-5-6-8-10-18-12(16)14-4-2/h3-10H2,1-2H3,(H,13,15)(H,14,16). The van der Waals surface area contributed by atoms with Gasteiger partial charge in [-0.15, -0.1) is 0 Å². The summed E-state index contributed by atoms with van der Waals surface area (Å²) in [6.45, 7) is 5.24. The average molecular weight is 292 g/mol. The van der Waals surface area contributed by atoms with E-state index in [9.17, 15) is 9.59 Å². The van der Waals surface area contributed by atoms with Gasteiger partial charge in [0.05, 0.1) is 0 Å². The molecular formula is C12H24N2O2S2. The second-order valence-electron chi connectivity index (χ2n) is 3.75. The second-order valence-corrected chi connectivity index (χ2v) is 5.88. The number of hydrogen-bond acceptors (Lipinski definition) is 4. The first-order valence-corrected chi connectivity index (χ1v) is 8.49. The molecule has 0 saturated heterocycles. The molecule has 6 heteroatoms. The average Bonchev–Trinajstić information content (AvgIpc) is 2.33. The monoisotopic (exact) mass is 292 g/mol. The van der Waals surface area contributed by atoms with Crippen LogP contribution in [0.4, 0.5) is 9.59 Å². The van der Waals surface area contributed by atoms with Crippen molar-refractivity contribution in [2.75, 3.05) is 24.6 Å². The fourth-order valence-corrected chi connectivity index (χ4v) is 2.84. The number of rotatable bonds is 9.